The molecule has 2 aromatic heterocycles. The topological polar surface area (TPSA) is 64.5 Å². The fourth-order valence-corrected chi connectivity index (χ4v) is 2.61. The van der Waals surface area contributed by atoms with Crippen molar-refractivity contribution < 1.29 is 14.6 Å². The molecule has 1 aliphatic heterocycles. The van der Waals surface area contributed by atoms with Crippen LogP contribution in [-0.2, 0) is 22.3 Å². The number of aliphatic hydroxyl groups excluding tert-OH is 1. The van der Waals surface area contributed by atoms with Gasteiger partial charge < -0.3 is 14.6 Å². The molecule has 2 aromatic rings. The Hall–Kier alpha value is -1.24. The van der Waals surface area contributed by atoms with Crippen LogP contribution < -0.4 is 0 Å². The molecule has 0 bridgehead atoms. The molecule has 3 heterocycles. The van der Waals surface area contributed by atoms with Crippen LogP contribution in [0.5, 0.6) is 0 Å². The Morgan fingerprint density at radius 2 is 1.65 bits per heavy atom. The molecule has 1 unspecified atom stereocenters. The Kier molecular flexibility index (Phi) is 9.89. The molecule has 0 saturated carbocycles. The van der Waals surface area contributed by atoms with E-state index >= 15 is 0 Å². The summed E-state index contributed by atoms with van der Waals surface area (Å²) in [5.74, 6) is 0. The highest BCUT2D eigenvalue weighted by Gasteiger charge is 2.13. The van der Waals surface area contributed by atoms with Crippen LogP contribution in [0.25, 0.3) is 0 Å². The van der Waals surface area contributed by atoms with Gasteiger partial charge in [0.05, 0.1) is 6.61 Å². The van der Waals surface area contributed by atoms with Crippen molar-refractivity contribution >= 4 is 23.2 Å². The van der Waals surface area contributed by atoms with Gasteiger partial charge in [0.1, 0.15) is 10.3 Å². The number of aliphatic hydroxyl groups is 1. The molecule has 0 radical (unpaired) electrons. The van der Waals surface area contributed by atoms with Crippen LogP contribution in [0.3, 0.4) is 0 Å². The molecule has 0 aromatic carbocycles. The molecule has 1 aliphatic rings. The average Bonchev–Trinajstić information content (AvgIpc) is 2.67. The van der Waals surface area contributed by atoms with Gasteiger partial charge in [0.25, 0.3) is 0 Å². The van der Waals surface area contributed by atoms with Gasteiger partial charge in [-0.1, -0.05) is 35.3 Å². The molecule has 1 fully saturated rings. The van der Waals surface area contributed by atoms with Crippen molar-refractivity contribution in [2.24, 2.45) is 0 Å². The maximum atomic E-state index is 8.53. The van der Waals surface area contributed by atoms with Gasteiger partial charge in [0.2, 0.25) is 0 Å². The fourth-order valence-electron chi connectivity index (χ4n) is 2.39. The van der Waals surface area contributed by atoms with Crippen molar-refractivity contribution in [2.75, 3.05) is 19.8 Å². The van der Waals surface area contributed by atoms with E-state index in [4.69, 9.17) is 37.8 Å². The molecule has 7 heteroatoms. The maximum Gasteiger partial charge on any atom is 0.157 e. The average molecular weight is 399 g/mol. The second kappa shape index (κ2) is 12.2. The Bertz CT molecular complexity index is 618. The van der Waals surface area contributed by atoms with Crippen molar-refractivity contribution in [3.05, 3.63) is 58.1 Å². The van der Waals surface area contributed by atoms with E-state index in [9.17, 15) is 0 Å². The molecule has 0 spiro atoms. The number of aromatic nitrogens is 2. The first-order valence-electron chi connectivity index (χ1n) is 8.72. The molecule has 26 heavy (non-hydrogen) atoms. The number of hydrogen-bond acceptors (Lipinski definition) is 5. The Morgan fingerprint density at radius 1 is 1.00 bits per heavy atom. The van der Waals surface area contributed by atoms with Crippen molar-refractivity contribution in [2.45, 2.75) is 38.4 Å². The van der Waals surface area contributed by atoms with E-state index < -0.39 is 0 Å². The van der Waals surface area contributed by atoms with Crippen LogP contribution in [0, 0.1) is 0 Å². The minimum Gasteiger partial charge on any atom is -0.396 e. The summed E-state index contributed by atoms with van der Waals surface area (Å²) < 4.78 is 11.1. The minimum absolute atomic E-state index is 0.00555. The van der Waals surface area contributed by atoms with Gasteiger partial charge in [-0.15, -0.1) is 0 Å². The van der Waals surface area contributed by atoms with Gasteiger partial charge in [-0.25, -0.2) is 9.97 Å². The molecule has 142 valence electrons. The summed E-state index contributed by atoms with van der Waals surface area (Å²) in [6.07, 6.45) is 8.31. The molecule has 3 rings (SSSR count). The molecule has 0 aliphatic carbocycles. The summed E-state index contributed by atoms with van der Waals surface area (Å²) >= 11 is 11.2. The zero-order chi connectivity index (χ0) is 18.6. The van der Waals surface area contributed by atoms with E-state index in [0.717, 1.165) is 37.0 Å². The van der Waals surface area contributed by atoms with Crippen molar-refractivity contribution in [3.8, 4) is 0 Å². The van der Waals surface area contributed by atoms with E-state index in [-0.39, 0.29) is 12.9 Å². The van der Waals surface area contributed by atoms with Gasteiger partial charge in [0, 0.05) is 25.6 Å². The van der Waals surface area contributed by atoms with Crippen LogP contribution in [0.2, 0.25) is 10.3 Å². The van der Waals surface area contributed by atoms with Crippen molar-refractivity contribution in [3.63, 3.8) is 0 Å². The van der Waals surface area contributed by atoms with Crippen LogP contribution in [0.1, 0.15) is 30.4 Å². The number of halogens is 2. The molecular weight excluding hydrogens is 375 g/mol. The van der Waals surface area contributed by atoms with Crippen LogP contribution in [0.15, 0.2) is 36.7 Å². The smallest absolute Gasteiger partial charge is 0.157 e. The number of nitrogens with zero attached hydrogens (tertiary/aromatic N) is 2. The van der Waals surface area contributed by atoms with Gasteiger partial charge >= 0.3 is 0 Å². The number of ether oxygens (including phenoxy) is 2. The third-order valence-electron chi connectivity index (χ3n) is 3.81. The van der Waals surface area contributed by atoms with E-state index in [1.54, 1.807) is 24.5 Å². The minimum atomic E-state index is -0.00555. The Morgan fingerprint density at radius 3 is 2.15 bits per heavy atom. The zero-order valence-electron chi connectivity index (χ0n) is 14.6. The first kappa shape index (κ1) is 21.1. The summed E-state index contributed by atoms with van der Waals surface area (Å²) in [6.45, 7) is 1.66. The normalized spacial score (nSPS) is 16.7. The molecular formula is C19H24Cl2N2O3. The van der Waals surface area contributed by atoms with Crippen LogP contribution in [-0.4, -0.2) is 41.2 Å². The second-order valence-electron chi connectivity index (χ2n) is 5.87. The molecule has 1 saturated heterocycles. The Labute approximate surface area is 164 Å². The van der Waals surface area contributed by atoms with Crippen molar-refractivity contribution in [1.82, 2.24) is 9.97 Å². The fraction of sp³-hybridized carbons (Fsp3) is 0.474. The summed E-state index contributed by atoms with van der Waals surface area (Å²) in [5.41, 5.74) is 2.15. The zero-order valence-corrected chi connectivity index (χ0v) is 16.1. The SMILES string of the molecule is Clc1ccc(CCOC2CCCCO2)cn1.OCCc1ccc(Cl)nc1. The highest BCUT2D eigenvalue weighted by atomic mass is 35.5. The number of pyridine rings is 2. The lowest BCUT2D eigenvalue weighted by atomic mass is 10.2. The predicted molar refractivity (Wildman–Crippen MR) is 103 cm³/mol. The maximum absolute atomic E-state index is 8.53. The summed E-state index contributed by atoms with van der Waals surface area (Å²) in [4.78, 5) is 7.88. The second-order valence-corrected chi connectivity index (χ2v) is 6.64. The first-order valence-corrected chi connectivity index (χ1v) is 9.48. The van der Waals surface area contributed by atoms with Crippen molar-refractivity contribution in [1.29, 1.82) is 0 Å². The van der Waals surface area contributed by atoms with E-state index in [2.05, 4.69) is 9.97 Å². The lowest BCUT2D eigenvalue weighted by Crippen LogP contribution is -2.23. The van der Waals surface area contributed by atoms with Gasteiger partial charge in [-0.2, -0.15) is 0 Å². The van der Waals surface area contributed by atoms with E-state index in [1.807, 2.05) is 12.1 Å². The lowest BCUT2D eigenvalue weighted by molar-refractivity contribution is -0.161. The largest absolute Gasteiger partial charge is 0.396 e. The Balaban J connectivity index is 0.000000209. The summed E-state index contributed by atoms with van der Waals surface area (Å²) in [5, 5.41) is 9.54. The van der Waals surface area contributed by atoms with Crippen LogP contribution in [0.4, 0.5) is 0 Å². The third kappa shape index (κ3) is 8.43. The highest BCUT2D eigenvalue weighted by molar-refractivity contribution is 6.29. The first-order chi connectivity index (χ1) is 12.7. The third-order valence-corrected chi connectivity index (χ3v) is 4.26. The van der Waals surface area contributed by atoms with Gasteiger partial charge in [-0.3, -0.25) is 0 Å². The van der Waals surface area contributed by atoms with E-state index in [0.29, 0.717) is 23.3 Å². The van der Waals surface area contributed by atoms with Gasteiger partial charge in [-0.05, 0) is 55.4 Å². The van der Waals surface area contributed by atoms with E-state index in [1.165, 1.54) is 6.42 Å². The predicted octanol–water partition coefficient (Wildman–Crippen LogP) is 4.09. The number of hydrogen-bond donors (Lipinski definition) is 1. The monoisotopic (exact) mass is 398 g/mol. The van der Waals surface area contributed by atoms with Gasteiger partial charge in [0.15, 0.2) is 6.29 Å². The standard InChI is InChI=1S/C12H16ClNO2.C7H8ClNO/c13-11-5-4-10(9-14-11)6-8-16-12-3-1-2-7-15-12;8-7-2-1-6(3-4-10)5-9-7/h4-5,9,12H,1-3,6-8H2;1-2,5,10H,3-4H2. The summed E-state index contributed by atoms with van der Waals surface area (Å²) in [6, 6.07) is 7.34. The molecule has 1 N–H and O–H groups in total. The summed E-state index contributed by atoms with van der Waals surface area (Å²) in [7, 11) is 0. The lowest BCUT2D eigenvalue weighted by Gasteiger charge is -2.22. The molecule has 0 amide bonds. The molecule has 5 nitrogen and oxygen atoms in total. The highest BCUT2D eigenvalue weighted by Crippen LogP contribution is 2.14. The quantitative estimate of drug-likeness (QED) is 0.742. The van der Waals surface area contributed by atoms with Crippen LogP contribution >= 0.6 is 23.2 Å². The molecule has 1 atom stereocenters. The number of rotatable bonds is 6.